The van der Waals surface area contributed by atoms with E-state index in [9.17, 15) is 0 Å². The molecule has 1 nitrogen and oxygen atoms in total. The highest BCUT2D eigenvalue weighted by molar-refractivity contribution is 7.99. The largest absolute Gasteiger partial charge is 0.313 e. The second kappa shape index (κ2) is 7.51. The summed E-state index contributed by atoms with van der Waals surface area (Å²) >= 11 is 1.83. The minimum absolute atomic E-state index is 0.961. The van der Waals surface area contributed by atoms with E-state index in [0.29, 0.717) is 0 Å². The summed E-state index contributed by atoms with van der Waals surface area (Å²) in [6.07, 6.45) is 1.18. The van der Waals surface area contributed by atoms with E-state index in [0.717, 1.165) is 13.1 Å². The molecule has 2 aromatic rings. The number of hydrogen-bond acceptors (Lipinski definition) is 2. The Balaban J connectivity index is 1.97. The van der Waals surface area contributed by atoms with Crippen LogP contribution in [0.15, 0.2) is 52.3 Å². The van der Waals surface area contributed by atoms with Crippen LogP contribution >= 0.6 is 11.8 Å². The fourth-order valence-electron chi connectivity index (χ4n) is 2.00. The molecule has 0 saturated heterocycles. The van der Waals surface area contributed by atoms with Crippen LogP contribution in [0.25, 0.3) is 0 Å². The Morgan fingerprint density at radius 2 is 1.60 bits per heavy atom. The zero-order valence-electron chi connectivity index (χ0n) is 12.6. The van der Waals surface area contributed by atoms with Crippen molar-refractivity contribution in [2.45, 2.75) is 43.5 Å². The maximum Gasteiger partial charge on any atom is 0.0205 e. The van der Waals surface area contributed by atoms with Gasteiger partial charge in [-0.2, -0.15) is 0 Å². The van der Waals surface area contributed by atoms with Crippen LogP contribution in [0.4, 0.5) is 0 Å². The van der Waals surface area contributed by atoms with Gasteiger partial charge in [0.15, 0.2) is 0 Å². The molecule has 0 bridgehead atoms. The normalized spacial score (nSPS) is 10.8. The molecule has 0 fully saturated rings. The van der Waals surface area contributed by atoms with Crippen molar-refractivity contribution in [1.82, 2.24) is 5.32 Å². The molecule has 0 atom stereocenters. The zero-order chi connectivity index (χ0) is 14.4. The van der Waals surface area contributed by atoms with E-state index in [1.807, 2.05) is 11.8 Å². The van der Waals surface area contributed by atoms with Gasteiger partial charge in [-0.25, -0.2) is 0 Å². The summed E-state index contributed by atoms with van der Waals surface area (Å²) in [6.45, 7) is 8.56. The average molecular weight is 285 g/mol. The van der Waals surface area contributed by atoms with Crippen molar-refractivity contribution in [2.24, 2.45) is 0 Å². The van der Waals surface area contributed by atoms with Gasteiger partial charge in [-0.05, 0) is 67.8 Å². The van der Waals surface area contributed by atoms with E-state index in [1.165, 1.54) is 32.9 Å². The molecule has 0 unspecified atom stereocenters. The molecule has 0 spiro atoms. The molecule has 0 aliphatic carbocycles. The Hall–Kier alpha value is -1.25. The van der Waals surface area contributed by atoms with Crippen LogP contribution in [-0.2, 0) is 6.54 Å². The fraction of sp³-hybridized carbons (Fsp3) is 0.333. The SMILES string of the molecule is CCCNCc1ccc(Sc2ccc(C)c(C)c2)cc1. The first kappa shape index (κ1) is 15.1. The Bertz CT molecular complexity index is 546. The summed E-state index contributed by atoms with van der Waals surface area (Å²) in [7, 11) is 0. The summed E-state index contributed by atoms with van der Waals surface area (Å²) in [6, 6.07) is 15.5. The van der Waals surface area contributed by atoms with Gasteiger partial charge in [0.05, 0.1) is 0 Å². The van der Waals surface area contributed by atoms with Crippen molar-refractivity contribution < 1.29 is 0 Å². The van der Waals surface area contributed by atoms with Gasteiger partial charge in [0, 0.05) is 16.3 Å². The number of benzene rings is 2. The molecule has 0 heterocycles. The van der Waals surface area contributed by atoms with E-state index < -0.39 is 0 Å². The van der Waals surface area contributed by atoms with Crippen molar-refractivity contribution in [3.63, 3.8) is 0 Å². The summed E-state index contributed by atoms with van der Waals surface area (Å²) in [5, 5.41) is 3.43. The van der Waals surface area contributed by atoms with E-state index in [4.69, 9.17) is 0 Å². The van der Waals surface area contributed by atoms with Crippen LogP contribution in [0.5, 0.6) is 0 Å². The van der Waals surface area contributed by atoms with Crippen molar-refractivity contribution in [2.75, 3.05) is 6.54 Å². The van der Waals surface area contributed by atoms with Gasteiger partial charge in [-0.1, -0.05) is 36.9 Å². The fourth-order valence-corrected chi connectivity index (χ4v) is 2.91. The topological polar surface area (TPSA) is 12.0 Å². The standard InChI is InChI=1S/C18H23NS/c1-4-11-19-13-16-6-9-17(10-7-16)20-18-8-5-14(2)15(3)12-18/h5-10,12,19H,4,11,13H2,1-3H3. The molecule has 20 heavy (non-hydrogen) atoms. The van der Waals surface area contributed by atoms with Gasteiger partial charge >= 0.3 is 0 Å². The quantitative estimate of drug-likeness (QED) is 0.753. The predicted octanol–water partition coefficient (Wildman–Crippen LogP) is 4.95. The van der Waals surface area contributed by atoms with E-state index >= 15 is 0 Å². The van der Waals surface area contributed by atoms with Crippen LogP contribution in [0.3, 0.4) is 0 Å². The zero-order valence-corrected chi connectivity index (χ0v) is 13.4. The molecule has 2 aromatic carbocycles. The lowest BCUT2D eigenvalue weighted by atomic mass is 10.1. The summed E-state index contributed by atoms with van der Waals surface area (Å²) in [5.41, 5.74) is 4.06. The van der Waals surface area contributed by atoms with Crippen LogP contribution in [0.1, 0.15) is 30.0 Å². The maximum absolute atomic E-state index is 3.43. The minimum atomic E-state index is 0.961. The van der Waals surface area contributed by atoms with Crippen LogP contribution < -0.4 is 5.32 Å². The molecule has 0 aliphatic rings. The molecule has 0 aromatic heterocycles. The minimum Gasteiger partial charge on any atom is -0.313 e. The molecule has 0 amide bonds. The Kier molecular flexibility index (Phi) is 5.69. The molecule has 106 valence electrons. The number of aryl methyl sites for hydroxylation is 2. The Labute approximate surface area is 126 Å². The molecule has 0 aliphatic heterocycles. The van der Waals surface area contributed by atoms with Crippen molar-refractivity contribution in [3.8, 4) is 0 Å². The lowest BCUT2D eigenvalue weighted by molar-refractivity contribution is 0.675. The van der Waals surface area contributed by atoms with Gasteiger partial charge in [0.1, 0.15) is 0 Å². The highest BCUT2D eigenvalue weighted by atomic mass is 32.2. The first-order chi connectivity index (χ1) is 9.69. The second-order valence-corrected chi connectivity index (χ2v) is 6.32. The number of hydrogen-bond donors (Lipinski definition) is 1. The third-order valence-corrected chi connectivity index (χ3v) is 4.39. The van der Waals surface area contributed by atoms with E-state index in [-0.39, 0.29) is 0 Å². The molecular weight excluding hydrogens is 262 g/mol. The molecule has 0 radical (unpaired) electrons. The molecule has 2 rings (SSSR count). The number of rotatable bonds is 6. The van der Waals surface area contributed by atoms with E-state index in [2.05, 4.69) is 68.6 Å². The summed E-state index contributed by atoms with van der Waals surface area (Å²) < 4.78 is 0. The van der Waals surface area contributed by atoms with Gasteiger partial charge in [0.25, 0.3) is 0 Å². The number of nitrogens with one attached hydrogen (secondary N) is 1. The predicted molar refractivity (Wildman–Crippen MR) is 88.5 cm³/mol. The first-order valence-electron chi connectivity index (χ1n) is 7.24. The third-order valence-electron chi connectivity index (χ3n) is 3.39. The van der Waals surface area contributed by atoms with Gasteiger partial charge in [-0.15, -0.1) is 0 Å². The Morgan fingerprint density at radius 1 is 0.900 bits per heavy atom. The lowest BCUT2D eigenvalue weighted by Gasteiger charge is -2.07. The van der Waals surface area contributed by atoms with Crippen molar-refractivity contribution >= 4 is 11.8 Å². The lowest BCUT2D eigenvalue weighted by Crippen LogP contribution is -2.13. The average Bonchev–Trinajstić information content (AvgIpc) is 2.45. The van der Waals surface area contributed by atoms with Crippen LogP contribution in [-0.4, -0.2) is 6.54 Å². The summed E-state index contributed by atoms with van der Waals surface area (Å²) in [5.74, 6) is 0. The second-order valence-electron chi connectivity index (χ2n) is 5.17. The third kappa shape index (κ3) is 4.39. The highest BCUT2D eigenvalue weighted by Gasteiger charge is 2.00. The Morgan fingerprint density at radius 3 is 2.25 bits per heavy atom. The molecule has 1 N–H and O–H groups in total. The molecular formula is C18H23NS. The van der Waals surface area contributed by atoms with Gasteiger partial charge < -0.3 is 5.32 Å². The maximum atomic E-state index is 3.43. The smallest absolute Gasteiger partial charge is 0.0205 e. The monoisotopic (exact) mass is 285 g/mol. The van der Waals surface area contributed by atoms with Crippen molar-refractivity contribution in [3.05, 3.63) is 59.2 Å². The van der Waals surface area contributed by atoms with E-state index in [1.54, 1.807) is 0 Å². The molecule has 2 heteroatoms. The van der Waals surface area contributed by atoms with Crippen LogP contribution in [0.2, 0.25) is 0 Å². The van der Waals surface area contributed by atoms with Gasteiger partial charge in [0.2, 0.25) is 0 Å². The van der Waals surface area contributed by atoms with Crippen molar-refractivity contribution in [1.29, 1.82) is 0 Å². The van der Waals surface area contributed by atoms with Crippen LogP contribution in [0, 0.1) is 13.8 Å². The summed E-state index contributed by atoms with van der Waals surface area (Å²) in [4.78, 5) is 2.61. The highest BCUT2D eigenvalue weighted by Crippen LogP contribution is 2.29. The first-order valence-corrected chi connectivity index (χ1v) is 8.05. The molecule has 0 saturated carbocycles. The van der Waals surface area contributed by atoms with Gasteiger partial charge in [-0.3, -0.25) is 0 Å².